The Hall–Kier alpha value is -5.99. The normalized spacial score (nSPS) is 13.8. The second kappa shape index (κ2) is 12.6. The number of allylic oxidation sites excluding steroid dienone is 2. The van der Waals surface area contributed by atoms with Crippen molar-refractivity contribution in [1.29, 1.82) is 0 Å². The second-order valence-electron chi connectivity index (χ2n) is 12.6. The maximum atomic E-state index is 5.85. The van der Waals surface area contributed by atoms with E-state index in [1.165, 1.54) is 78.1 Å². The molecule has 2 nitrogen and oxygen atoms in total. The first-order chi connectivity index (χ1) is 23.9. The fraction of sp³-hybridized carbons (Fsp3) is 0.0851. The van der Waals surface area contributed by atoms with Crippen LogP contribution in [0.3, 0.4) is 0 Å². The smallest absolute Gasteiger partial charge is 0.123 e. The summed E-state index contributed by atoms with van der Waals surface area (Å²) in [6.45, 7) is 18.3. The van der Waals surface area contributed by atoms with Gasteiger partial charge < -0.3 is 5.73 Å². The first kappa shape index (κ1) is 31.6. The van der Waals surface area contributed by atoms with Gasteiger partial charge in [-0.05, 0) is 115 Å². The summed E-state index contributed by atoms with van der Waals surface area (Å²) in [5.74, 6) is 0.360. The topological polar surface area (TPSA) is 38.4 Å². The molecule has 1 spiro atoms. The summed E-state index contributed by atoms with van der Waals surface area (Å²) in [7, 11) is 0. The molecule has 0 heterocycles. The largest absolute Gasteiger partial charge is 0.384 e. The monoisotopic (exact) mass is 632 g/mol. The highest BCUT2D eigenvalue weighted by molar-refractivity contribution is 6.12. The van der Waals surface area contributed by atoms with E-state index in [-0.39, 0.29) is 0 Å². The van der Waals surface area contributed by atoms with Crippen molar-refractivity contribution in [2.45, 2.75) is 25.7 Å². The van der Waals surface area contributed by atoms with Gasteiger partial charge in [-0.1, -0.05) is 135 Å². The number of aryl methyl sites for hydroxylation is 1. The van der Waals surface area contributed by atoms with Crippen LogP contribution >= 0.6 is 0 Å². The van der Waals surface area contributed by atoms with Crippen molar-refractivity contribution in [2.75, 3.05) is 0 Å². The predicted octanol–water partition coefficient (Wildman–Crippen LogP) is 11.8. The Balaban J connectivity index is 0.00000186. The van der Waals surface area contributed by atoms with Gasteiger partial charge in [0.05, 0.1) is 11.1 Å². The Morgan fingerprint density at radius 2 is 1.24 bits per heavy atom. The molecule has 0 saturated heterocycles. The predicted molar refractivity (Wildman–Crippen MR) is 212 cm³/mol. The van der Waals surface area contributed by atoms with Crippen molar-refractivity contribution in [2.24, 2.45) is 10.7 Å². The van der Waals surface area contributed by atoms with Crippen LogP contribution in [0.25, 0.3) is 49.9 Å². The molecule has 238 valence electrons. The standard InChI is InChI=1S/C45H36N2.C2H4/c1-5-35-39-26-32-13-7-8-14-33(32)27-42(39)45(40-17-11-9-15-37(40)38-16-10-12-18-41(38)45)44(35)36-24-23-34(25-28(36)3)31-21-19-30(20-22-31)29(4)47-43(46)6-2;1-2/h6-27H,2,4-5H2,1,3H3,(H2,46,47);1-2H2. The Morgan fingerprint density at radius 3 is 1.84 bits per heavy atom. The third-order valence-corrected chi connectivity index (χ3v) is 10.1. The van der Waals surface area contributed by atoms with Crippen molar-refractivity contribution in [1.82, 2.24) is 0 Å². The quantitative estimate of drug-likeness (QED) is 0.111. The van der Waals surface area contributed by atoms with Crippen LogP contribution in [0.15, 0.2) is 165 Å². The first-order valence-electron chi connectivity index (χ1n) is 16.8. The highest BCUT2D eigenvalue weighted by Crippen LogP contribution is 2.65. The van der Waals surface area contributed by atoms with E-state index in [2.05, 4.69) is 173 Å². The van der Waals surface area contributed by atoms with Crippen molar-refractivity contribution in [3.63, 3.8) is 0 Å². The molecule has 6 aromatic rings. The van der Waals surface area contributed by atoms with Gasteiger partial charge in [0, 0.05) is 0 Å². The van der Waals surface area contributed by atoms with E-state index in [0.717, 1.165) is 17.5 Å². The highest BCUT2D eigenvalue weighted by atomic mass is 14.9. The minimum absolute atomic E-state index is 0.360. The average molecular weight is 633 g/mol. The molecule has 0 aliphatic heterocycles. The lowest BCUT2D eigenvalue weighted by Gasteiger charge is -2.34. The zero-order valence-corrected chi connectivity index (χ0v) is 28.3. The molecule has 0 aromatic heterocycles. The number of hydrogen-bond donors (Lipinski definition) is 1. The van der Waals surface area contributed by atoms with E-state index in [9.17, 15) is 0 Å². The summed E-state index contributed by atoms with van der Waals surface area (Å²) in [6.07, 6.45) is 2.47. The van der Waals surface area contributed by atoms with Gasteiger partial charge in [-0.2, -0.15) is 0 Å². The van der Waals surface area contributed by atoms with E-state index in [4.69, 9.17) is 5.73 Å². The van der Waals surface area contributed by atoms with Gasteiger partial charge in [-0.15, -0.1) is 13.2 Å². The van der Waals surface area contributed by atoms with E-state index < -0.39 is 5.41 Å². The molecule has 2 N–H and O–H groups in total. The minimum Gasteiger partial charge on any atom is -0.384 e. The third-order valence-electron chi connectivity index (χ3n) is 10.1. The van der Waals surface area contributed by atoms with Crippen LogP contribution in [0, 0.1) is 6.92 Å². The van der Waals surface area contributed by atoms with E-state index in [0.29, 0.717) is 11.5 Å². The van der Waals surface area contributed by atoms with Crippen LogP contribution in [-0.2, 0) is 5.41 Å². The van der Waals surface area contributed by atoms with Gasteiger partial charge >= 0.3 is 0 Å². The average Bonchev–Trinajstić information content (AvgIpc) is 3.60. The van der Waals surface area contributed by atoms with Crippen LogP contribution in [-0.4, -0.2) is 5.84 Å². The van der Waals surface area contributed by atoms with Crippen LogP contribution in [0.4, 0.5) is 0 Å². The molecule has 6 aromatic carbocycles. The van der Waals surface area contributed by atoms with E-state index in [1.54, 1.807) is 0 Å². The fourth-order valence-corrected chi connectivity index (χ4v) is 8.07. The first-order valence-corrected chi connectivity index (χ1v) is 16.8. The van der Waals surface area contributed by atoms with Crippen molar-refractivity contribution in [3.05, 3.63) is 199 Å². The molecule has 0 fully saturated rings. The Bertz CT molecular complexity index is 2300. The highest BCUT2D eigenvalue weighted by Gasteiger charge is 2.53. The summed E-state index contributed by atoms with van der Waals surface area (Å²) in [5, 5.41) is 2.56. The van der Waals surface area contributed by atoms with Gasteiger partial charge in [0.1, 0.15) is 5.84 Å². The molecule has 2 heteroatoms. The SMILES string of the molecule is C=C.C=CC(N)=NC(=C)c1ccc(-c2ccc(C3=C(CC)c4cc5ccccc5cc4C34c3ccccc3-c3ccccc34)c(C)c2)cc1. The number of amidine groups is 1. The molecule has 0 unspecified atom stereocenters. The molecular formula is C47H40N2. The molecule has 8 rings (SSSR count). The van der Waals surface area contributed by atoms with Gasteiger partial charge in [0.15, 0.2) is 0 Å². The maximum absolute atomic E-state index is 5.85. The lowest BCUT2D eigenvalue weighted by molar-refractivity contribution is 0.842. The van der Waals surface area contributed by atoms with Gasteiger partial charge in [0.25, 0.3) is 0 Å². The van der Waals surface area contributed by atoms with Gasteiger partial charge in [0.2, 0.25) is 0 Å². The Labute approximate surface area is 290 Å². The van der Waals surface area contributed by atoms with Crippen molar-refractivity contribution >= 4 is 33.5 Å². The molecule has 0 radical (unpaired) electrons. The van der Waals surface area contributed by atoms with E-state index in [1.807, 2.05) is 0 Å². The molecule has 2 aliphatic rings. The third kappa shape index (κ3) is 4.83. The molecule has 49 heavy (non-hydrogen) atoms. The summed E-state index contributed by atoms with van der Waals surface area (Å²) < 4.78 is 0. The summed E-state index contributed by atoms with van der Waals surface area (Å²) >= 11 is 0. The molecule has 0 amide bonds. The zero-order valence-electron chi connectivity index (χ0n) is 28.3. The fourth-order valence-electron chi connectivity index (χ4n) is 8.07. The maximum Gasteiger partial charge on any atom is 0.123 e. The molecule has 2 aliphatic carbocycles. The Morgan fingerprint density at radius 1 is 0.673 bits per heavy atom. The lowest BCUT2D eigenvalue weighted by atomic mass is 9.67. The number of aliphatic imine (C=N–C) groups is 1. The van der Waals surface area contributed by atoms with Gasteiger partial charge in [-0.3, -0.25) is 0 Å². The number of hydrogen-bond acceptors (Lipinski definition) is 1. The number of nitrogens with zero attached hydrogens (tertiary/aromatic N) is 1. The number of rotatable bonds is 6. The lowest BCUT2D eigenvalue weighted by Crippen LogP contribution is -2.27. The van der Waals surface area contributed by atoms with E-state index >= 15 is 0 Å². The summed E-state index contributed by atoms with van der Waals surface area (Å²) in [5.41, 5.74) is 22.9. The summed E-state index contributed by atoms with van der Waals surface area (Å²) in [6, 6.07) is 47.1. The molecule has 0 saturated carbocycles. The number of fused-ring (bicyclic) bond motifs is 8. The van der Waals surface area contributed by atoms with Gasteiger partial charge in [-0.25, -0.2) is 4.99 Å². The van der Waals surface area contributed by atoms with Crippen LogP contribution < -0.4 is 5.73 Å². The molecule has 0 bridgehead atoms. The molecular weight excluding hydrogens is 593 g/mol. The van der Waals surface area contributed by atoms with Crippen molar-refractivity contribution in [3.8, 4) is 22.3 Å². The second-order valence-corrected chi connectivity index (χ2v) is 12.6. The minimum atomic E-state index is -0.403. The number of benzene rings is 6. The zero-order chi connectivity index (χ0) is 34.3. The van der Waals surface area contributed by atoms with Crippen molar-refractivity contribution < 1.29 is 0 Å². The van der Waals surface area contributed by atoms with Crippen LogP contribution in [0.5, 0.6) is 0 Å². The Kier molecular flexibility index (Phi) is 8.10. The molecule has 0 atom stereocenters. The van der Waals surface area contributed by atoms with Crippen LogP contribution in [0.2, 0.25) is 0 Å². The summed E-state index contributed by atoms with van der Waals surface area (Å²) in [4.78, 5) is 4.33. The van der Waals surface area contributed by atoms with Crippen LogP contribution in [0.1, 0.15) is 52.3 Å². The number of nitrogens with two attached hydrogens (primary N) is 1.